The van der Waals surface area contributed by atoms with E-state index in [9.17, 15) is 4.79 Å². The predicted octanol–water partition coefficient (Wildman–Crippen LogP) is 2.63. The van der Waals surface area contributed by atoms with Crippen molar-refractivity contribution in [2.45, 2.75) is 19.4 Å². The number of nitrogens with zero attached hydrogens (tertiary/aromatic N) is 3. The molecule has 0 spiro atoms. The molecule has 2 aromatic rings. The smallest absolute Gasteiger partial charge is 0.243 e. The number of carbonyl (C=O) groups excluding carboxylic acids is 1. The zero-order valence-corrected chi connectivity index (χ0v) is 13.4. The Bertz CT molecular complexity index is 603. The lowest BCUT2D eigenvalue weighted by Gasteiger charge is -2.23. The molecule has 0 radical (unpaired) electrons. The Morgan fingerprint density at radius 3 is 2.55 bits per heavy atom. The molecule has 0 aliphatic rings. The second-order valence-corrected chi connectivity index (χ2v) is 5.53. The van der Waals surface area contributed by atoms with Crippen LogP contribution in [0.3, 0.4) is 0 Å². The van der Waals surface area contributed by atoms with Gasteiger partial charge in [0.2, 0.25) is 11.9 Å². The van der Waals surface area contributed by atoms with E-state index in [0.29, 0.717) is 5.95 Å². The van der Waals surface area contributed by atoms with Gasteiger partial charge in [0.05, 0.1) is 6.04 Å². The molecule has 0 fully saturated rings. The summed E-state index contributed by atoms with van der Waals surface area (Å²) in [6.45, 7) is 2.63. The Hall–Kier alpha value is -1.98. The highest BCUT2D eigenvalue weighted by Crippen LogP contribution is 2.11. The lowest BCUT2D eigenvalue weighted by molar-refractivity contribution is -0.120. The van der Waals surface area contributed by atoms with E-state index >= 15 is 0 Å². The lowest BCUT2D eigenvalue weighted by Crippen LogP contribution is -2.40. The van der Waals surface area contributed by atoms with Gasteiger partial charge in [-0.15, -0.1) is 0 Å². The highest BCUT2D eigenvalue weighted by atomic mass is 35.5. The molecule has 0 aliphatic carbocycles. The summed E-state index contributed by atoms with van der Waals surface area (Å²) in [4.78, 5) is 22.1. The number of hydrogen-bond donors (Lipinski definition) is 1. The molecule has 1 atom stereocenters. The van der Waals surface area contributed by atoms with E-state index in [1.807, 2.05) is 43.1 Å². The molecule has 2 rings (SSSR count). The van der Waals surface area contributed by atoms with Crippen LogP contribution in [0, 0.1) is 0 Å². The number of anilines is 1. The highest BCUT2D eigenvalue weighted by Gasteiger charge is 2.18. The molecule has 0 saturated heterocycles. The van der Waals surface area contributed by atoms with Gasteiger partial charge in [-0.25, -0.2) is 9.97 Å². The zero-order valence-electron chi connectivity index (χ0n) is 12.7. The van der Waals surface area contributed by atoms with E-state index in [1.165, 1.54) is 5.56 Å². The molecule has 22 heavy (non-hydrogen) atoms. The van der Waals surface area contributed by atoms with E-state index < -0.39 is 0 Å². The maximum Gasteiger partial charge on any atom is 0.243 e. The molecule has 5 nitrogen and oxygen atoms in total. The largest absolute Gasteiger partial charge is 0.295 e. The highest BCUT2D eigenvalue weighted by molar-refractivity contribution is 6.30. The van der Waals surface area contributed by atoms with Crippen molar-refractivity contribution in [3.63, 3.8) is 0 Å². The second kappa shape index (κ2) is 7.87. The Morgan fingerprint density at radius 2 is 1.91 bits per heavy atom. The van der Waals surface area contributed by atoms with Crippen molar-refractivity contribution >= 4 is 23.5 Å². The van der Waals surface area contributed by atoms with Crippen molar-refractivity contribution in [1.29, 1.82) is 0 Å². The van der Waals surface area contributed by atoms with Crippen LogP contribution >= 0.6 is 11.6 Å². The van der Waals surface area contributed by atoms with Crippen molar-refractivity contribution in [1.82, 2.24) is 14.9 Å². The molecule has 116 valence electrons. The Morgan fingerprint density at radius 1 is 1.27 bits per heavy atom. The molecule has 1 amide bonds. The van der Waals surface area contributed by atoms with Crippen molar-refractivity contribution in [2.24, 2.45) is 0 Å². The number of halogens is 1. The van der Waals surface area contributed by atoms with Gasteiger partial charge in [-0.05, 0) is 44.2 Å². The van der Waals surface area contributed by atoms with E-state index in [2.05, 4.69) is 15.3 Å². The number of amides is 1. The van der Waals surface area contributed by atoms with Crippen LogP contribution in [0.15, 0.2) is 42.7 Å². The summed E-state index contributed by atoms with van der Waals surface area (Å²) < 4.78 is 0. The number of likely N-dealkylation sites (N-methyl/N-ethyl adjacent to an activating group) is 1. The third-order valence-electron chi connectivity index (χ3n) is 3.51. The fraction of sp³-hybridized carbons (Fsp3) is 0.312. The monoisotopic (exact) mass is 318 g/mol. The van der Waals surface area contributed by atoms with Gasteiger partial charge < -0.3 is 0 Å². The third-order valence-corrected chi connectivity index (χ3v) is 3.76. The van der Waals surface area contributed by atoms with E-state index in [4.69, 9.17) is 11.6 Å². The quantitative estimate of drug-likeness (QED) is 0.889. The molecule has 1 aromatic heterocycles. The molecule has 1 aromatic carbocycles. The number of rotatable bonds is 6. The fourth-order valence-electron chi connectivity index (χ4n) is 1.93. The first kappa shape index (κ1) is 16.4. The summed E-state index contributed by atoms with van der Waals surface area (Å²) in [5.74, 6) is 0.204. The molecule has 0 aliphatic heterocycles. The van der Waals surface area contributed by atoms with Crippen molar-refractivity contribution in [3.8, 4) is 0 Å². The van der Waals surface area contributed by atoms with Gasteiger partial charge in [-0.2, -0.15) is 0 Å². The minimum absolute atomic E-state index is 0.121. The Kier molecular flexibility index (Phi) is 5.86. The first-order valence-electron chi connectivity index (χ1n) is 7.09. The van der Waals surface area contributed by atoms with Gasteiger partial charge >= 0.3 is 0 Å². The minimum Gasteiger partial charge on any atom is -0.295 e. The first-order chi connectivity index (χ1) is 10.6. The fourth-order valence-corrected chi connectivity index (χ4v) is 2.05. The first-order valence-corrected chi connectivity index (χ1v) is 7.46. The Labute approximate surface area is 135 Å². The van der Waals surface area contributed by atoms with Gasteiger partial charge in [0.1, 0.15) is 0 Å². The standard InChI is InChI=1S/C16H19ClN4O/c1-12(15(22)20-16-18-9-3-10-19-16)21(2)11-8-13-4-6-14(17)7-5-13/h3-7,9-10,12H,8,11H2,1-2H3,(H,18,19,20,22)/t12-/m0/s1. The summed E-state index contributed by atoms with van der Waals surface area (Å²) in [5, 5.41) is 3.44. The van der Waals surface area contributed by atoms with E-state index in [0.717, 1.165) is 18.0 Å². The van der Waals surface area contributed by atoms with Crippen LogP contribution in [0.2, 0.25) is 5.02 Å². The molecule has 6 heteroatoms. The average molecular weight is 319 g/mol. The van der Waals surface area contributed by atoms with Crippen molar-refractivity contribution in [3.05, 3.63) is 53.3 Å². The summed E-state index contributed by atoms with van der Waals surface area (Å²) in [6.07, 6.45) is 4.04. The summed E-state index contributed by atoms with van der Waals surface area (Å²) >= 11 is 5.87. The Balaban J connectivity index is 1.84. The number of carbonyl (C=O) groups is 1. The molecule has 0 saturated carbocycles. The van der Waals surface area contributed by atoms with Gasteiger partial charge in [-0.1, -0.05) is 23.7 Å². The zero-order chi connectivity index (χ0) is 15.9. The van der Waals surface area contributed by atoms with Crippen LogP contribution in [0.5, 0.6) is 0 Å². The van der Waals surface area contributed by atoms with E-state index in [-0.39, 0.29) is 11.9 Å². The number of aromatic nitrogens is 2. The topological polar surface area (TPSA) is 58.1 Å². The van der Waals surface area contributed by atoms with Crippen LogP contribution in [-0.2, 0) is 11.2 Å². The molecule has 0 bridgehead atoms. The molecule has 1 N–H and O–H groups in total. The van der Waals surface area contributed by atoms with Gasteiger partial charge in [-0.3, -0.25) is 15.0 Å². The third kappa shape index (κ3) is 4.79. The second-order valence-electron chi connectivity index (χ2n) is 5.09. The molecule has 0 unspecified atom stereocenters. The normalized spacial score (nSPS) is 12.2. The van der Waals surface area contributed by atoms with Crippen molar-refractivity contribution < 1.29 is 4.79 Å². The van der Waals surface area contributed by atoms with Crippen LogP contribution in [-0.4, -0.2) is 40.4 Å². The molecule has 1 heterocycles. The van der Waals surface area contributed by atoms with Gasteiger partial charge in [0.15, 0.2) is 0 Å². The van der Waals surface area contributed by atoms with Crippen molar-refractivity contribution in [2.75, 3.05) is 18.9 Å². The number of hydrogen-bond acceptors (Lipinski definition) is 4. The predicted molar refractivity (Wildman–Crippen MR) is 87.9 cm³/mol. The maximum absolute atomic E-state index is 12.2. The minimum atomic E-state index is -0.267. The summed E-state index contributed by atoms with van der Waals surface area (Å²) in [6, 6.07) is 9.19. The maximum atomic E-state index is 12.2. The lowest BCUT2D eigenvalue weighted by atomic mass is 10.1. The summed E-state index contributed by atoms with van der Waals surface area (Å²) in [5.41, 5.74) is 1.19. The molecular formula is C16H19ClN4O. The molecular weight excluding hydrogens is 300 g/mol. The SMILES string of the molecule is C[C@@H](C(=O)Nc1ncccn1)N(C)CCc1ccc(Cl)cc1. The number of benzene rings is 1. The van der Waals surface area contributed by atoms with E-state index in [1.54, 1.807) is 18.5 Å². The van der Waals surface area contributed by atoms with Gasteiger partial charge in [0, 0.05) is 24.0 Å². The van der Waals surface area contributed by atoms with Crippen LogP contribution in [0.4, 0.5) is 5.95 Å². The average Bonchev–Trinajstić information content (AvgIpc) is 2.54. The van der Waals surface area contributed by atoms with Crippen LogP contribution < -0.4 is 5.32 Å². The number of nitrogens with one attached hydrogen (secondary N) is 1. The van der Waals surface area contributed by atoms with Crippen LogP contribution in [0.25, 0.3) is 0 Å². The van der Waals surface area contributed by atoms with Gasteiger partial charge in [0.25, 0.3) is 0 Å². The summed E-state index contributed by atoms with van der Waals surface area (Å²) in [7, 11) is 1.92. The van der Waals surface area contributed by atoms with Crippen LogP contribution in [0.1, 0.15) is 12.5 Å².